The van der Waals surface area contributed by atoms with Crippen molar-refractivity contribution >= 4 is 17.5 Å². The van der Waals surface area contributed by atoms with Gasteiger partial charge in [0.2, 0.25) is 0 Å². The van der Waals surface area contributed by atoms with Crippen LogP contribution in [-0.2, 0) is 13.0 Å². The highest BCUT2D eigenvalue weighted by Gasteiger charge is 2.35. The lowest BCUT2D eigenvalue weighted by Crippen LogP contribution is -2.46. The van der Waals surface area contributed by atoms with E-state index in [1.54, 1.807) is 9.58 Å². The van der Waals surface area contributed by atoms with Crippen molar-refractivity contribution in [2.75, 3.05) is 11.4 Å². The van der Waals surface area contributed by atoms with Crippen LogP contribution in [0.25, 0.3) is 0 Å². The molecular weight excluding hydrogens is 318 g/mol. The number of para-hydroxylation sites is 1. The van der Waals surface area contributed by atoms with Gasteiger partial charge >= 0.3 is 0 Å². The standard InChI is InChI=1S/C18H21N5O2/c1-11(2)9-13-10-23-16(17(24)19-13)15(20-21-23)18(25)22-8-7-12-5-3-4-6-14(12)22/h3-6,11,13H,7-10H2,1-2H3,(H,19,24). The summed E-state index contributed by atoms with van der Waals surface area (Å²) in [6.45, 7) is 5.38. The molecule has 1 aromatic carbocycles. The molecule has 25 heavy (non-hydrogen) atoms. The Kier molecular flexibility index (Phi) is 3.78. The molecule has 0 saturated heterocycles. The van der Waals surface area contributed by atoms with Crippen molar-refractivity contribution in [3.63, 3.8) is 0 Å². The first-order valence-electron chi connectivity index (χ1n) is 8.68. The van der Waals surface area contributed by atoms with Gasteiger partial charge in [0, 0.05) is 18.3 Å². The maximum Gasteiger partial charge on any atom is 0.281 e. The number of rotatable bonds is 3. The second kappa shape index (κ2) is 5.98. The Balaban J connectivity index is 1.63. The summed E-state index contributed by atoms with van der Waals surface area (Å²) in [5.41, 5.74) is 2.44. The van der Waals surface area contributed by atoms with Crippen LogP contribution in [0.4, 0.5) is 5.69 Å². The Morgan fingerprint density at radius 2 is 2.16 bits per heavy atom. The molecule has 2 aliphatic rings. The number of nitrogens with one attached hydrogen (secondary N) is 1. The molecule has 0 fully saturated rings. The van der Waals surface area contributed by atoms with Crippen molar-refractivity contribution in [3.05, 3.63) is 41.2 Å². The summed E-state index contributed by atoms with van der Waals surface area (Å²) in [6, 6.07) is 7.85. The van der Waals surface area contributed by atoms with Crippen LogP contribution in [0.5, 0.6) is 0 Å². The average molecular weight is 339 g/mol. The molecule has 1 aromatic heterocycles. The van der Waals surface area contributed by atoms with Gasteiger partial charge < -0.3 is 10.2 Å². The molecule has 0 saturated carbocycles. The van der Waals surface area contributed by atoms with E-state index < -0.39 is 0 Å². The summed E-state index contributed by atoms with van der Waals surface area (Å²) < 4.78 is 1.57. The highest BCUT2D eigenvalue weighted by Crippen LogP contribution is 2.29. The lowest BCUT2D eigenvalue weighted by atomic mass is 10.0. The van der Waals surface area contributed by atoms with Gasteiger partial charge in [0.05, 0.1) is 6.54 Å². The van der Waals surface area contributed by atoms with Gasteiger partial charge in [-0.2, -0.15) is 0 Å². The molecule has 7 nitrogen and oxygen atoms in total. The third-order valence-corrected chi connectivity index (χ3v) is 4.77. The molecular formula is C18H21N5O2. The van der Waals surface area contributed by atoms with Gasteiger partial charge in [-0.3, -0.25) is 9.59 Å². The first-order chi connectivity index (χ1) is 12.0. The van der Waals surface area contributed by atoms with Crippen LogP contribution in [0.3, 0.4) is 0 Å². The minimum atomic E-state index is -0.266. The SMILES string of the molecule is CC(C)CC1Cn2nnc(C(=O)N3CCc4ccccc43)c2C(=O)N1. The lowest BCUT2D eigenvalue weighted by Gasteiger charge is -2.26. The number of fused-ring (bicyclic) bond motifs is 2. The van der Waals surface area contributed by atoms with E-state index in [0.29, 0.717) is 19.0 Å². The van der Waals surface area contributed by atoms with E-state index in [4.69, 9.17) is 0 Å². The van der Waals surface area contributed by atoms with Crippen molar-refractivity contribution in [1.29, 1.82) is 0 Å². The maximum atomic E-state index is 13.0. The summed E-state index contributed by atoms with van der Waals surface area (Å²) in [4.78, 5) is 27.2. The monoisotopic (exact) mass is 339 g/mol. The molecule has 4 rings (SSSR count). The fraction of sp³-hybridized carbons (Fsp3) is 0.444. The highest BCUT2D eigenvalue weighted by molar-refractivity contribution is 6.12. The van der Waals surface area contributed by atoms with Gasteiger partial charge in [0.15, 0.2) is 11.4 Å². The molecule has 1 atom stereocenters. The molecule has 0 spiro atoms. The fourth-order valence-corrected chi connectivity index (χ4v) is 3.70. The number of aromatic nitrogens is 3. The number of nitrogens with zero attached hydrogens (tertiary/aromatic N) is 4. The van der Waals surface area contributed by atoms with Gasteiger partial charge in [-0.05, 0) is 30.4 Å². The number of hydrogen-bond donors (Lipinski definition) is 1. The van der Waals surface area contributed by atoms with Crippen molar-refractivity contribution in [3.8, 4) is 0 Å². The molecule has 2 aliphatic heterocycles. The van der Waals surface area contributed by atoms with Crippen LogP contribution >= 0.6 is 0 Å². The van der Waals surface area contributed by atoms with Crippen LogP contribution in [0, 0.1) is 5.92 Å². The molecule has 7 heteroatoms. The number of hydrogen-bond acceptors (Lipinski definition) is 4. The molecule has 130 valence electrons. The first-order valence-corrected chi connectivity index (χ1v) is 8.68. The predicted octanol–water partition coefficient (Wildman–Crippen LogP) is 1.64. The number of carbonyl (C=O) groups is 2. The van der Waals surface area contributed by atoms with Gasteiger partial charge in [0.1, 0.15) is 0 Å². The Morgan fingerprint density at radius 3 is 2.96 bits per heavy atom. The Bertz CT molecular complexity index is 842. The lowest BCUT2D eigenvalue weighted by molar-refractivity contribution is 0.0876. The van der Waals surface area contributed by atoms with E-state index in [0.717, 1.165) is 24.1 Å². The van der Waals surface area contributed by atoms with E-state index in [1.165, 1.54) is 0 Å². The van der Waals surface area contributed by atoms with Crippen LogP contribution < -0.4 is 10.2 Å². The van der Waals surface area contributed by atoms with Gasteiger partial charge in [0.25, 0.3) is 11.8 Å². The van der Waals surface area contributed by atoms with E-state index >= 15 is 0 Å². The van der Waals surface area contributed by atoms with Crippen molar-refractivity contribution in [1.82, 2.24) is 20.3 Å². The molecule has 0 aliphatic carbocycles. The molecule has 1 N–H and O–H groups in total. The minimum Gasteiger partial charge on any atom is -0.346 e. The zero-order valence-corrected chi connectivity index (χ0v) is 14.4. The number of benzene rings is 1. The van der Waals surface area contributed by atoms with Crippen LogP contribution in [-0.4, -0.2) is 39.4 Å². The quantitative estimate of drug-likeness (QED) is 0.922. The fourth-order valence-electron chi connectivity index (χ4n) is 3.70. The summed E-state index contributed by atoms with van der Waals surface area (Å²) in [5.74, 6) is -0.0565. The largest absolute Gasteiger partial charge is 0.346 e. The van der Waals surface area contributed by atoms with E-state index in [9.17, 15) is 9.59 Å². The van der Waals surface area contributed by atoms with Crippen molar-refractivity contribution in [2.24, 2.45) is 5.92 Å². The Hall–Kier alpha value is -2.70. The normalized spacial score (nSPS) is 18.9. The van der Waals surface area contributed by atoms with Gasteiger partial charge in [-0.1, -0.05) is 37.3 Å². The molecule has 1 unspecified atom stereocenters. The Labute approximate surface area is 146 Å². The predicted molar refractivity (Wildman–Crippen MR) is 92.6 cm³/mol. The van der Waals surface area contributed by atoms with Crippen LogP contribution in [0.1, 0.15) is 46.8 Å². The second-order valence-electron chi connectivity index (χ2n) is 7.10. The van der Waals surface area contributed by atoms with Crippen molar-refractivity contribution < 1.29 is 9.59 Å². The first kappa shape index (κ1) is 15.8. The smallest absolute Gasteiger partial charge is 0.281 e. The third-order valence-electron chi connectivity index (χ3n) is 4.77. The molecule has 3 heterocycles. The van der Waals surface area contributed by atoms with Crippen LogP contribution in [0.15, 0.2) is 24.3 Å². The van der Waals surface area contributed by atoms with Crippen LogP contribution in [0.2, 0.25) is 0 Å². The minimum absolute atomic E-state index is 0.0252. The Morgan fingerprint density at radius 1 is 1.36 bits per heavy atom. The number of amides is 2. The van der Waals surface area contributed by atoms with E-state index in [2.05, 4.69) is 29.5 Å². The zero-order chi connectivity index (χ0) is 17.6. The molecule has 0 bridgehead atoms. The van der Waals surface area contributed by atoms with E-state index in [1.807, 2.05) is 24.3 Å². The van der Waals surface area contributed by atoms with Crippen molar-refractivity contribution in [2.45, 2.75) is 39.3 Å². The van der Waals surface area contributed by atoms with Gasteiger partial charge in [-0.25, -0.2) is 4.68 Å². The number of carbonyl (C=O) groups excluding carboxylic acids is 2. The summed E-state index contributed by atoms with van der Waals surface area (Å²) in [7, 11) is 0. The second-order valence-corrected chi connectivity index (χ2v) is 7.10. The van der Waals surface area contributed by atoms with Gasteiger partial charge in [-0.15, -0.1) is 5.10 Å². The maximum absolute atomic E-state index is 13.0. The number of anilines is 1. The summed E-state index contributed by atoms with van der Waals surface area (Å²) in [6.07, 6.45) is 1.68. The zero-order valence-electron chi connectivity index (χ0n) is 14.4. The summed E-state index contributed by atoms with van der Waals surface area (Å²) in [5, 5.41) is 11.1. The molecule has 2 amide bonds. The average Bonchev–Trinajstić information content (AvgIpc) is 3.17. The molecule has 2 aromatic rings. The highest BCUT2D eigenvalue weighted by atomic mass is 16.2. The molecule has 0 radical (unpaired) electrons. The third kappa shape index (κ3) is 2.69. The van der Waals surface area contributed by atoms with E-state index in [-0.39, 0.29) is 29.2 Å². The summed E-state index contributed by atoms with van der Waals surface area (Å²) >= 11 is 0. The topological polar surface area (TPSA) is 80.1 Å².